The van der Waals surface area contributed by atoms with Gasteiger partial charge < -0.3 is 9.64 Å². The van der Waals surface area contributed by atoms with Gasteiger partial charge in [0.1, 0.15) is 17.3 Å². The zero-order valence-corrected chi connectivity index (χ0v) is 14.4. The summed E-state index contributed by atoms with van der Waals surface area (Å²) in [5, 5.41) is 0. The molecule has 0 saturated carbocycles. The molecule has 1 fully saturated rings. The molecule has 0 bridgehead atoms. The summed E-state index contributed by atoms with van der Waals surface area (Å²) >= 11 is 0. The van der Waals surface area contributed by atoms with Crippen LogP contribution in [0.5, 0.6) is 0 Å². The standard InChI is InChI=1S/C17H16F2N2O4S/c18-14-5-2-6-15(19)16(14)20-26(23,24)13-4-1-3-12(11-13)17(22)21-7-9-25-10-8-21/h1-6,11,20H,7-10H2. The Kier molecular flexibility index (Phi) is 5.19. The monoisotopic (exact) mass is 382 g/mol. The molecule has 0 unspecified atom stereocenters. The maximum Gasteiger partial charge on any atom is 0.262 e. The van der Waals surface area contributed by atoms with Crippen LogP contribution >= 0.6 is 0 Å². The zero-order chi connectivity index (χ0) is 18.7. The molecule has 0 atom stereocenters. The Morgan fingerprint density at radius 2 is 1.65 bits per heavy atom. The highest BCUT2D eigenvalue weighted by Gasteiger charge is 2.23. The third-order valence-corrected chi connectivity index (χ3v) is 5.24. The molecular weight excluding hydrogens is 366 g/mol. The van der Waals surface area contributed by atoms with Crippen LogP contribution in [-0.2, 0) is 14.8 Å². The van der Waals surface area contributed by atoms with Crippen LogP contribution in [0.1, 0.15) is 10.4 Å². The van der Waals surface area contributed by atoms with Gasteiger partial charge in [-0.2, -0.15) is 0 Å². The van der Waals surface area contributed by atoms with Crippen LogP contribution in [0.4, 0.5) is 14.5 Å². The Morgan fingerprint density at radius 1 is 1.04 bits per heavy atom. The van der Waals surface area contributed by atoms with Gasteiger partial charge in [-0.25, -0.2) is 17.2 Å². The number of morpholine rings is 1. The predicted molar refractivity (Wildman–Crippen MR) is 90.3 cm³/mol. The molecule has 1 aliphatic rings. The quantitative estimate of drug-likeness (QED) is 0.880. The molecule has 0 radical (unpaired) electrons. The first-order valence-electron chi connectivity index (χ1n) is 7.82. The molecular formula is C17H16F2N2O4S. The Bertz CT molecular complexity index is 908. The molecule has 1 amide bonds. The van der Waals surface area contributed by atoms with Gasteiger partial charge in [0.2, 0.25) is 0 Å². The molecule has 0 spiro atoms. The highest BCUT2D eigenvalue weighted by molar-refractivity contribution is 7.92. The van der Waals surface area contributed by atoms with Crippen molar-refractivity contribution in [3.05, 3.63) is 59.7 Å². The van der Waals surface area contributed by atoms with E-state index in [2.05, 4.69) is 0 Å². The molecule has 1 aliphatic heterocycles. The van der Waals surface area contributed by atoms with Crippen molar-refractivity contribution in [2.75, 3.05) is 31.0 Å². The number of nitrogens with zero attached hydrogens (tertiary/aromatic N) is 1. The first-order chi connectivity index (χ1) is 12.4. The maximum absolute atomic E-state index is 13.7. The third kappa shape index (κ3) is 3.83. The van der Waals surface area contributed by atoms with Gasteiger partial charge >= 0.3 is 0 Å². The van der Waals surface area contributed by atoms with Gasteiger partial charge in [-0.05, 0) is 30.3 Å². The van der Waals surface area contributed by atoms with E-state index in [0.717, 1.165) is 18.2 Å². The number of para-hydroxylation sites is 1. The van der Waals surface area contributed by atoms with E-state index in [4.69, 9.17) is 4.74 Å². The van der Waals surface area contributed by atoms with E-state index in [1.165, 1.54) is 24.3 Å². The Balaban J connectivity index is 1.88. The Morgan fingerprint density at radius 3 is 2.31 bits per heavy atom. The molecule has 1 heterocycles. The van der Waals surface area contributed by atoms with Gasteiger partial charge in [-0.15, -0.1) is 0 Å². The van der Waals surface area contributed by atoms with Crippen LogP contribution in [0.25, 0.3) is 0 Å². The van der Waals surface area contributed by atoms with E-state index in [-0.39, 0.29) is 16.4 Å². The van der Waals surface area contributed by atoms with E-state index < -0.39 is 27.3 Å². The van der Waals surface area contributed by atoms with Crippen molar-refractivity contribution in [2.45, 2.75) is 4.90 Å². The van der Waals surface area contributed by atoms with E-state index in [1.54, 1.807) is 4.90 Å². The number of halogens is 2. The predicted octanol–water partition coefficient (Wildman–Crippen LogP) is 2.24. The number of carbonyl (C=O) groups excluding carboxylic acids is 1. The third-order valence-electron chi connectivity index (χ3n) is 3.89. The second-order valence-electron chi connectivity index (χ2n) is 5.63. The largest absolute Gasteiger partial charge is 0.378 e. The van der Waals surface area contributed by atoms with Crippen LogP contribution in [0, 0.1) is 11.6 Å². The summed E-state index contributed by atoms with van der Waals surface area (Å²) in [7, 11) is -4.27. The highest BCUT2D eigenvalue weighted by atomic mass is 32.2. The number of hydrogen-bond donors (Lipinski definition) is 1. The lowest BCUT2D eigenvalue weighted by Crippen LogP contribution is -2.40. The fourth-order valence-electron chi connectivity index (χ4n) is 2.53. The Labute approximate surface area is 149 Å². The molecule has 6 nitrogen and oxygen atoms in total. The summed E-state index contributed by atoms with van der Waals surface area (Å²) < 4.78 is 59.4. The summed E-state index contributed by atoms with van der Waals surface area (Å²) in [5.41, 5.74) is -0.596. The first-order valence-corrected chi connectivity index (χ1v) is 9.31. The van der Waals surface area contributed by atoms with Crippen molar-refractivity contribution < 1.29 is 26.7 Å². The summed E-state index contributed by atoms with van der Waals surface area (Å²) in [6.45, 7) is 1.65. The SMILES string of the molecule is O=C(c1cccc(S(=O)(=O)Nc2c(F)cccc2F)c1)N1CCOCC1. The van der Waals surface area contributed by atoms with Crippen molar-refractivity contribution in [3.63, 3.8) is 0 Å². The number of sulfonamides is 1. The Hall–Kier alpha value is -2.52. The van der Waals surface area contributed by atoms with Gasteiger partial charge in [-0.1, -0.05) is 12.1 Å². The minimum Gasteiger partial charge on any atom is -0.378 e. The summed E-state index contributed by atoms with van der Waals surface area (Å²) in [5.74, 6) is -2.40. The molecule has 0 aromatic heterocycles. The molecule has 3 rings (SSSR count). The number of carbonyl (C=O) groups is 1. The molecule has 9 heteroatoms. The first kappa shape index (κ1) is 18.3. The fraction of sp³-hybridized carbons (Fsp3) is 0.235. The lowest BCUT2D eigenvalue weighted by atomic mass is 10.2. The number of ether oxygens (including phenoxy) is 1. The molecule has 26 heavy (non-hydrogen) atoms. The van der Waals surface area contributed by atoms with Crippen LogP contribution in [0.2, 0.25) is 0 Å². The normalized spacial score (nSPS) is 14.9. The lowest BCUT2D eigenvalue weighted by Gasteiger charge is -2.27. The van der Waals surface area contributed by atoms with Gasteiger partial charge in [0.05, 0.1) is 18.1 Å². The number of amides is 1. The second kappa shape index (κ2) is 7.38. The smallest absolute Gasteiger partial charge is 0.262 e. The molecule has 2 aromatic carbocycles. The molecule has 0 aliphatic carbocycles. The average molecular weight is 382 g/mol. The van der Waals surface area contributed by atoms with Crippen LogP contribution in [0.3, 0.4) is 0 Å². The van der Waals surface area contributed by atoms with E-state index in [9.17, 15) is 22.0 Å². The lowest BCUT2D eigenvalue weighted by molar-refractivity contribution is 0.0302. The number of hydrogen-bond acceptors (Lipinski definition) is 4. The topological polar surface area (TPSA) is 75.7 Å². The number of nitrogens with one attached hydrogen (secondary N) is 1. The van der Waals surface area contributed by atoms with Crippen molar-refractivity contribution in [1.82, 2.24) is 4.90 Å². The van der Waals surface area contributed by atoms with Crippen molar-refractivity contribution >= 4 is 21.6 Å². The minimum absolute atomic E-state index is 0.170. The van der Waals surface area contributed by atoms with Crippen molar-refractivity contribution in [3.8, 4) is 0 Å². The molecule has 138 valence electrons. The second-order valence-corrected chi connectivity index (χ2v) is 7.32. The van der Waals surface area contributed by atoms with Gasteiger partial charge in [0, 0.05) is 18.7 Å². The van der Waals surface area contributed by atoms with Gasteiger partial charge in [0.15, 0.2) is 0 Å². The van der Waals surface area contributed by atoms with E-state index >= 15 is 0 Å². The van der Waals surface area contributed by atoms with Crippen LogP contribution < -0.4 is 4.72 Å². The number of benzene rings is 2. The van der Waals surface area contributed by atoms with Gasteiger partial charge in [0.25, 0.3) is 15.9 Å². The van der Waals surface area contributed by atoms with Crippen LogP contribution in [0.15, 0.2) is 47.4 Å². The summed E-state index contributed by atoms with van der Waals surface area (Å²) in [4.78, 5) is 13.8. The zero-order valence-electron chi connectivity index (χ0n) is 13.6. The summed E-state index contributed by atoms with van der Waals surface area (Å²) in [6.07, 6.45) is 0. The average Bonchev–Trinajstić information content (AvgIpc) is 2.65. The number of rotatable bonds is 4. The molecule has 2 aromatic rings. The van der Waals surface area contributed by atoms with Gasteiger partial charge in [-0.3, -0.25) is 9.52 Å². The minimum atomic E-state index is -4.27. The van der Waals surface area contributed by atoms with Crippen LogP contribution in [-0.4, -0.2) is 45.5 Å². The van der Waals surface area contributed by atoms with E-state index in [1.807, 2.05) is 4.72 Å². The van der Waals surface area contributed by atoms with E-state index in [0.29, 0.717) is 26.3 Å². The highest BCUT2D eigenvalue weighted by Crippen LogP contribution is 2.23. The molecule has 1 saturated heterocycles. The fourth-order valence-corrected chi connectivity index (χ4v) is 3.66. The molecule has 1 N–H and O–H groups in total. The van der Waals surface area contributed by atoms with Crippen molar-refractivity contribution in [2.24, 2.45) is 0 Å². The number of anilines is 1. The summed E-state index contributed by atoms with van der Waals surface area (Å²) in [6, 6.07) is 8.33. The maximum atomic E-state index is 13.7. The van der Waals surface area contributed by atoms with Crippen molar-refractivity contribution in [1.29, 1.82) is 0 Å².